The molecule has 0 spiro atoms. The van der Waals surface area contributed by atoms with Gasteiger partial charge in [0.05, 0.1) is 0 Å². The van der Waals surface area contributed by atoms with Gasteiger partial charge >= 0.3 is 0 Å². The van der Waals surface area contributed by atoms with Crippen LogP contribution in [0.2, 0.25) is 0 Å². The third-order valence-electron chi connectivity index (χ3n) is 5.80. The van der Waals surface area contributed by atoms with Crippen LogP contribution in [0.1, 0.15) is 5.56 Å². The van der Waals surface area contributed by atoms with Gasteiger partial charge in [-0.05, 0) is 81.3 Å². The van der Waals surface area contributed by atoms with Crippen molar-refractivity contribution in [3.63, 3.8) is 0 Å². The molecule has 0 fully saturated rings. The SMILES string of the molecule is Cc1ccccc1-c1cccc(-c2cc(-c3ccccc3)cc(-c3ccccc3)c2)c1. The Labute approximate surface area is 184 Å². The molecule has 0 atom stereocenters. The summed E-state index contributed by atoms with van der Waals surface area (Å²) < 4.78 is 0. The summed E-state index contributed by atoms with van der Waals surface area (Å²) >= 11 is 0. The zero-order valence-electron chi connectivity index (χ0n) is 17.6. The van der Waals surface area contributed by atoms with E-state index in [2.05, 4.69) is 134 Å². The van der Waals surface area contributed by atoms with Crippen molar-refractivity contribution in [2.75, 3.05) is 0 Å². The fourth-order valence-corrected chi connectivity index (χ4v) is 4.15. The quantitative estimate of drug-likeness (QED) is 0.285. The van der Waals surface area contributed by atoms with Crippen LogP contribution in [0, 0.1) is 6.92 Å². The van der Waals surface area contributed by atoms with E-state index in [4.69, 9.17) is 0 Å². The molecule has 0 aliphatic heterocycles. The van der Waals surface area contributed by atoms with Gasteiger partial charge in [-0.3, -0.25) is 0 Å². The van der Waals surface area contributed by atoms with Gasteiger partial charge < -0.3 is 0 Å². The molecule has 5 aromatic rings. The van der Waals surface area contributed by atoms with Crippen LogP contribution in [0.3, 0.4) is 0 Å². The lowest BCUT2D eigenvalue weighted by atomic mass is 9.91. The predicted molar refractivity (Wildman–Crippen MR) is 133 cm³/mol. The van der Waals surface area contributed by atoms with Gasteiger partial charge in [0.15, 0.2) is 0 Å². The van der Waals surface area contributed by atoms with Gasteiger partial charge in [0, 0.05) is 0 Å². The molecule has 0 bridgehead atoms. The van der Waals surface area contributed by atoms with Crippen LogP contribution in [0.4, 0.5) is 0 Å². The molecule has 5 rings (SSSR count). The number of rotatable bonds is 4. The van der Waals surface area contributed by atoms with Crippen molar-refractivity contribution in [3.8, 4) is 44.5 Å². The average molecular weight is 397 g/mol. The molecule has 0 nitrogen and oxygen atoms in total. The first kappa shape index (κ1) is 19.1. The summed E-state index contributed by atoms with van der Waals surface area (Å²) in [6, 6.07) is 45.6. The van der Waals surface area contributed by atoms with Crippen molar-refractivity contribution in [1.82, 2.24) is 0 Å². The zero-order chi connectivity index (χ0) is 21.0. The molecular weight excluding hydrogens is 372 g/mol. The van der Waals surface area contributed by atoms with E-state index in [1.165, 1.54) is 50.1 Å². The molecule has 0 amide bonds. The highest BCUT2D eigenvalue weighted by molar-refractivity contribution is 5.83. The maximum atomic E-state index is 2.31. The number of benzene rings is 5. The van der Waals surface area contributed by atoms with Gasteiger partial charge in [0.25, 0.3) is 0 Å². The van der Waals surface area contributed by atoms with Gasteiger partial charge in [0.1, 0.15) is 0 Å². The third kappa shape index (κ3) is 4.06. The van der Waals surface area contributed by atoms with Gasteiger partial charge in [-0.25, -0.2) is 0 Å². The van der Waals surface area contributed by atoms with Crippen LogP contribution in [0.25, 0.3) is 44.5 Å². The monoisotopic (exact) mass is 396 g/mol. The molecule has 0 N–H and O–H groups in total. The van der Waals surface area contributed by atoms with Crippen molar-refractivity contribution in [2.24, 2.45) is 0 Å². The average Bonchev–Trinajstić information content (AvgIpc) is 2.85. The van der Waals surface area contributed by atoms with E-state index in [0.29, 0.717) is 0 Å². The summed E-state index contributed by atoms with van der Waals surface area (Å²) in [5.74, 6) is 0. The van der Waals surface area contributed by atoms with Gasteiger partial charge in [0.2, 0.25) is 0 Å². The van der Waals surface area contributed by atoms with Crippen LogP contribution in [-0.4, -0.2) is 0 Å². The minimum absolute atomic E-state index is 1.23. The third-order valence-corrected chi connectivity index (χ3v) is 5.80. The maximum Gasteiger partial charge on any atom is -0.0155 e. The minimum Gasteiger partial charge on any atom is -0.0622 e. The number of hydrogen-bond acceptors (Lipinski definition) is 0. The van der Waals surface area contributed by atoms with Crippen LogP contribution >= 0.6 is 0 Å². The summed E-state index contributed by atoms with van der Waals surface area (Å²) in [7, 11) is 0. The van der Waals surface area contributed by atoms with Crippen molar-refractivity contribution < 1.29 is 0 Å². The van der Waals surface area contributed by atoms with Crippen molar-refractivity contribution in [3.05, 3.63) is 133 Å². The van der Waals surface area contributed by atoms with E-state index < -0.39 is 0 Å². The van der Waals surface area contributed by atoms with E-state index in [9.17, 15) is 0 Å². The smallest absolute Gasteiger partial charge is 0.0155 e. The molecule has 0 heterocycles. The second-order valence-corrected chi connectivity index (χ2v) is 7.93. The molecule has 0 saturated carbocycles. The normalized spacial score (nSPS) is 10.7. The van der Waals surface area contributed by atoms with E-state index >= 15 is 0 Å². The second-order valence-electron chi connectivity index (χ2n) is 7.93. The standard InChI is InChI=1S/C31H24/c1-23-11-8-9-18-31(23)27-17-10-16-26(19-27)30-21-28(24-12-4-2-5-13-24)20-29(22-30)25-14-6-3-7-15-25/h2-22H,1H3. The van der Waals surface area contributed by atoms with E-state index in [1.807, 2.05) is 0 Å². The van der Waals surface area contributed by atoms with Crippen LogP contribution in [0.5, 0.6) is 0 Å². The Morgan fingerprint density at radius 3 is 1.32 bits per heavy atom. The van der Waals surface area contributed by atoms with Gasteiger partial charge in [-0.1, -0.05) is 103 Å². The lowest BCUT2D eigenvalue weighted by Gasteiger charge is -2.13. The molecule has 0 aliphatic rings. The summed E-state index contributed by atoms with van der Waals surface area (Å²) in [5, 5.41) is 0. The summed E-state index contributed by atoms with van der Waals surface area (Å²) in [6.45, 7) is 2.17. The fourth-order valence-electron chi connectivity index (χ4n) is 4.15. The molecule has 31 heavy (non-hydrogen) atoms. The first-order valence-corrected chi connectivity index (χ1v) is 10.7. The minimum atomic E-state index is 1.23. The van der Waals surface area contributed by atoms with Crippen molar-refractivity contribution in [2.45, 2.75) is 6.92 Å². The summed E-state index contributed by atoms with van der Waals surface area (Å²) in [6.07, 6.45) is 0. The molecule has 0 unspecified atom stereocenters. The molecule has 0 heteroatoms. The fraction of sp³-hybridized carbons (Fsp3) is 0.0323. The lowest BCUT2D eigenvalue weighted by molar-refractivity contribution is 1.46. The largest absolute Gasteiger partial charge is 0.0622 e. The second kappa shape index (κ2) is 8.45. The van der Waals surface area contributed by atoms with Gasteiger partial charge in [-0.2, -0.15) is 0 Å². The highest BCUT2D eigenvalue weighted by Gasteiger charge is 2.09. The zero-order valence-corrected chi connectivity index (χ0v) is 17.6. The Kier molecular flexibility index (Phi) is 5.21. The Balaban J connectivity index is 1.67. The highest BCUT2D eigenvalue weighted by atomic mass is 14.1. The predicted octanol–water partition coefficient (Wildman–Crippen LogP) is 8.66. The van der Waals surface area contributed by atoms with Crippen LogP contribution in [-0.2, 0) is 0 Å². The van der Waals surface area contributed by atoms with Crippen LogP contribution < -0.4 is 0 Å². The molecule has 0 aliphatic carbocycles. The molecule has 0 saturated heterocycles. The topological polar surface area (TPSA) is 0 Å². The molecule has 148 valence electrons. The molecule has 5 aromatic carbocycles. The molecule has 0 radical (unpaired) electrons. The molecular formula is C31H24. The number of hydrogen-bond donors (Lipinski definition) is 0. The Hall–Kier alpha value is -3.90. The molecule has 0 aromatic heterocycles. The first-order chi connectivity index (χ1) is 15.3. The first-order valence-electron chi connectivity index (χ1n) is 10.7. The van der Waals surface area contributed by atoms with E-state index in [-0.39, 0.29) is 0 Å². The Bertz CT molecular complexity index is 1260. The van der Waals surface area contributed by atoms with Crippen LogP contribution in [0.15, 0.2) is 127 Å². The highest BCUT2D eigenvalue weighted by Crippen LogP contribution is 2.34. The Morgan fingerprint density at radius 1 is 0.323 bits per heavy atom. The van der Waals surface area contributed by atoms with E-state index in [1.54, 1.807) is 0 Å². The summed E-state index contributed by atoms with van der Waals surface area (Å²) in [5.41, 5.74) is 11.2. The van der Waals surface area contributed by atoms with Crippen molar-refractivity contribution >= 4 is 0 Å². The van der Waals surface area contributed by atoms with Gasteiger partial charge in [-0.15, -0.1) is 0 Å². The Morgan fingerprint density at radius 2 is 0.742 bits per heavy atom. The number of aryl methyl sites for hydroxylation is 1. The maximum absolute atomic E-state index is 2.31. The van der Waals surface area contributed by atoms with Crippen molar-refractivity contribution in [1.29, 1.82) is 0 Å². The lowest BCUT2D eigenvalue weighted by Crippen LogP contribution is -1.87. The summed E-state index contributed by atoms with van der Waals surface area (Å²) in [4.78, 5) is 0. The van der Waals surface area contributed by atoms with E-state index in [0.717, 1.165) is 0 Å².